The van der Waals surface area contributed by atoms with Gasteiger partial charge in [-0.15, -0.1) is 0 Å². The molecule has 0 radical (unpaired) electrons. The van der Waals surface area contributed by atoms with Crippen LogP contribution < -0.4 is 0 Å². The van der Waals surface area contributed by atoms with Crippen LogP contribution in [0.4, 0.5) is 4.39 Å². The van der Waals surface area contributed by atoms with Crippen molar-refractivity contribution in [3.8, 4) is 22.4 Å². The second-order valence-electron chi connectivity index (χ2n) is 5.68. The van der Waals surface area contributed by atoms with Crippen LogP contribution in [0.3, 0.4) is 0 Å². The highest BCUT2D eigenvalue weighted by atomic mass is 35.5. The fourth-order valence-corrected chi connectivity index (χ4v) is 3.37. The highest BCUT2D eigenvalue weighted by molar-refractivity contribution is 6.36. The number of hydrogen-bond donors (Lipinski definition) is 0. The first kappa shape index (κ1) is 16.1. The van der Waals surface area contributed by atoms with Gasteiger partial charge in [0.1, 0.15) is 5.82 Å². The monoisotopic (exact) mass is 367 g/mol. The van der Waals surface area contributed by atoms with Gasteiger partial charge in [0.15, 0.2) is 0 Å². The molecule has 4 aromatic rings. The summed E-state index contributed by atoms with van der Waals surface area (Å²) in [4.78, 5) is 4.67. The predicted octanol–water partition coefficient (Wildman–Crippen LogP) is 7.01. The molecule has 0 amide bonds. The lowest BCUT2D eigenvalue weighted by molar-refractivity contribution is 0.628. The Hall–Kier alpha value is -2.42. The van der Waals surface area contributed by atoms with Crippen LogP contribution in [0.1, 0.15) is 0 Å². The Morgan fingerprint density at radius 3 is 2.24 bits per heavy atom. The van der Waals surface area contributed by atoms with Crippen LogP contribution >= 0.6 is 23.2 Å². The number of rotatable bonds is 2. The van der Waals surface area contributed by atoms with Gasteiger partial charge >= 0.3 is 0 Å². The summed E-state index contributed by atoms with van der Waals surface area (Å²) in [5.74, 6) is -0.516. The Labute approximate surface area is 154 Å². The summed E-state index contributed by atoms with van der Waals surface area (Å²) in [7, 11) is 0. The van der Waals surface area contributed by atoms with Gasteiger partial charge in [0.05, 0.1) is 21.3 Å². The van der Waals surface area contributed by atoms with E-state index in [1.807, 2.05) is 60.7 Å². The molecule has 0 saturated heterocycles. The number of hydrogen-bond acceptors (Lipinski definition) is 1. The van der Waals surface area contributed by atoms with Gasteiger partial charge in [0.2, 0.25) is 0 Å². The van der Waals surface area contributed by atoms with E-state index in [2.05, 4.69) is 4.98 Å². The third kappa shape index (κ3) is 2.99. The standard InChI is InChI=1S/C21H12Cl2FN/c22-17-12-18(23)19(24)10-16(17)21-11-15(13-6-2-1-3-7-13)14-8-4-5-9-20(14)25-21/h1-12H. The SMILES string of the molecule is Fc1cc(-c2cc(-c3ccccc3)c3ccccc3n2)c(Cl)cc1Cl. The van der Waals surface area contributed by atoms with E-state index in [0.29, 0.717) is 16.3 Å². The number of nitrogens with zero attached hydrogens (tertiary/aromatic N) is 1. The van der Waals surface area contributed by atoms with E-state index in [4.69, 9.17) is 23.2 Å². The third-order valence-electron chi connectivity index (χ3n) is 4.09. The van der Waals surface area contributed by atoms with Crippen molar-refractivity contribution in [3.63, 3.8) is 0 Å². The van der Waals surface area contributed by atoms with E-state index in [0.717, 1.165) is 22.0 Å². The van der Waals surface area contributed by atoms with Crippen molar-refractivity contribution >= 4 is 34.1 Å². The van der Waals surface area contributed by atoms with Gasteiger partial charge in [0.25, 0.3) is 0 Å². The average Bonchev–Trinajstić information content (AvgIpc) is 2.64. The number of pyridine rings is 1. The van der Waals surface area contributed by atoms with Gasteiger partial charge in [-0.2, -0.15) is 0 Å². The first-order valence-corrected chi connectivity index (χ1v) is 8.49. The lowest BCUT2D eigenvalue weighted by Gasteiger charge is -2.12. The van der Waals surface area contributed by atoms with Crippen molar-refractivity contribution < 1.29 is 4.39 Å². The Morgan fingerprint density at radius 1 is 0.720 bits per heavy atom. The quantitative estimate of drug-likeness (QED) is 0.347. The van der Waals surface area contributed by atoms with E-state index in [-0.39, 0.29) is 5.02 Å². The minimum Gasteiger partial charge on any atom is -0.248 e. The van der Waals surface area contributed by atoms with Crippen LogP contribution in [0.25, 0.3) is 33.3 Å². The molecule has 0 fully saturated rings. The van der Waals surface area contributed by atoms with Crippen molar-refractivity contribution in [2.24, 2.45) is 0 Å². The normalized spacial score (nSPS) is 11.0. The summed E-state index contributed by atoms with van der Waals surface area (Å²) < 4.78 is 14.0. The Bertz CT molecular complexity index is 1080. The number of benzene rings is 3. The summed E-state index contributed by atoms with van der Waals surface area (Å²) in [6, 6.07) is 22.6. The van der Waals surface area contributed by atoms with E-state index in [1.54, 1.807) is 0 Å². The smallest absolute Gasteiger partial charge is 0.142 e. The molecule has 0 aliphatic carbocycles. The van der Waals surface area contributed by atoms with Crippen LogP contribution in [0.15, 0.2) is 72.8 Å². The zero-order valence-electron chi connectivity index (χ0n) is 13.0. The molecular formula is C21H12Cl2FN. The van der Waals surface area contributed by atoms with Crippen molar-refractivity contribution in [1.29, 1.82) is 0 Å². The first-order valence-electron chi connectivity index (χ1n) is 7.73. The van der Waals surface area contributed by atoms with E-state index >= 15 is 0 Å². The molecule has 4 rings (SSSR count). The largest absolute Gasteiger partial charge is 0.248 e. The van der Waals surface area contributed by atoms with E-state index in [1.165, 1.54) is 12.1 Å². The topological polar surface area (TPSA) is 12.9 Å². The van der Waals surface area contributed by atoms with Gasteiger partial charge in [-0.25, -0.2) is 9.37 Å². The summed E-state index contributed by atoms with van der Waals surface area (Å²) in [6.45, 7) is 0. The summed E-state index contributed by atoms with van der Waals surface area (Å²) in [5.41, 5.74) is 4.04. The molecule has 0 aliphatic heterocycles. The van der Waals surface area contributed by atoms with Crippen molar-refractivity contribution in [2.75, 3.05) is 0 Å². The summed E-state index contributed by atoms with van der Waals surface area (Å²) in [5, 5.41) is 1.40. The zero-order valence-corrected chi connectivity index (χ0v) is 14.5. The lowest BCUT2D eigenvalue weighted by atomic mass is 9.98. The van der Waals surface area contributed by atoms with Crippen molar-refractivity contribution in [1.82, 2.24) is 4.98 Å². The number of fused-ring (bicyclic) bond motifs is 1. The average molecular weight is 368 g/mol. The molecule has 1 heterocycles. The third-order valence-corrected chi connectivity index (χ3v) is 4.69. The Kier molecular flexibility index (Phi) is 4.16. The van der Waals surface area contributed by atoms with Gasteiger partial charge < -0.3 is 0 Å². The molecule has 0 spiro atoms. The van der Waals surface area contributed by atoms with Gasteiger partial charge in [0, 0.05) is 10.9 Å². The molecule has 0 saturated carbocycles. The van der Waals surface area contributed by atoms with Crippen LogP contribution in [0.2, 0.25) is 10.0 Å². The molecule has 0 bridgehead atoms. The van der Waals surface area contributed by atoms with Crippen LogP contribution in [-0.4, -0.2) is 4.98 Å². The van der Waals surface area contributed by atoms with Gasteiger partial charge in [-0.1, -0.05) is 71.7 Å². The van der Waals surface area contributed by atoms with E-state index < -0.39 is 5.82 Å². The maximum absolute atomic E-state index is 14.0. The fourth-order valence-electron chi connectivity index (χ4n) is 2.89. The predicted molar refractivity (Wildman–Crippen MR) is 103 cm³/mol. The molecule has 25 heavy (non-hydrogen) atoms. The molecular weight excluding hydrogens is 356 g/mol. The zero-order chi connectivity index (χ0) is 17.4. The maximum atomic E-state index is 14.0. The lowest BCUT2D eigenvalue weighted by Crippen LogP contribution is -1.91. The van der Waals surface area contributed by atoms with Gasteiger partial charge in [-0.3, -0.25) is 0 Å². The Balaban J connectivity index is 2.02. The summed E-state index contributed by atoms with van der Waals surface area (Å²) >= 11 is 12.1. The number of para-hydroxylation sites is 1. The summed E-state index contributed by atoms with van der Waals surface area (Å²) in [6.07, 6.45) is 0. The number of aromatic nitrogens is 1. The molecule has 0 atom stereocenters. The molecule has 0 N–H and O–H groups in total. The molecule has 1 nitrogen and oxygen atoms in total. The minimum atomic E-state index is -0.516. The molecule has 0 aliphatic rings. The molecule has 1 aromatic heterocycles. The van der Waals surface area contributed by atoms with Crippen molar-refractivity contribution in [2.45, 2.75) is 0 Å². The molecule has 4 heteroatoms. The Morgan fingerprint density at radius 2 is 1.44 bits per heavy atom. The molecule has 3 aromatic carbocycles. The van der Waals surface area contributed by atoms with Crippen molar-refractivity contribution in [3.05, 3.63) is 88.7 Å². The van der Waals surface area contributed by atoms with Crippen LogP contribution in [0, 0.1) is 5.82 Å². The molecule has 0 unspecified atom stereocenters. The second kappa shape index (κ2) is 6.47. The highest BCUT2D eigenvalue weighted by Gasteiger charge is 2.14. The highest BCUT2D eigenvalue weighted by Crippen LogP contribution is 2.36. The van der Waals surface area contributed by atoms with Crippen LogP contribution in [-0.2, 0) is 0 Å². The first-order chi connectivity index (χ1) is 12.1. The fraction of sp³-hybridized carbons (Fsp3) is 0. The van der Waals surface area contributed by atoms with Gasteiger partial charge in [-0.05, 0) is 35.4 Å². The number of halogens is 3. The van der Waals surface area contributed by atoms with Crippen LogP contribution in [0.5, 0.6) is 0 Å². The second-order valence-corrected chi connectivity index (χ2v) is 6.50. The molecule has 122 valence electrons. The minimum absolute atomic E-state index is 0.00202. The maximum Gasteiger partial charge on any atom is 0.142 e. The van der Waals surface area contributed by atoms with E-state index in [9.17, 15) is 4.39 Å².